The average molecular weight is 557 g/mol. The molecule has 4 aliphatic rings. The highest BCUT2D eigenvalue weighted by atomic mass is 35.5. The fourth-order valence-electron chi connectivity index (χ4n) is 7.52. The van der Waals surface area contributed by atoms with E-state index in [0.717, 1.165) is 38.8 Å². The second-order valence-electron chi connectivity index (χ2n) is 12.6. The fraction of sp³-hybridized carbons (Fsp3) is 0.444. The molecule has 2 aromatic carbocycles. The van der Waals surface area contributed by atoms with Gasteiger partial charge in [-0.2, -0.15) is 0 Å². The molecule has 3 nitrogen and oxygen atoms in total. The van der Waals surface area contributed by atoms with Gasteiger partial charge in [-0.1, -0.05) is 101 Å². The molecule has 4 heteroatoms. The Balaban J connectivity index is 0.00000323. The molecule has 1 N–H and O–H groups in total. The maximum Gasteiger partial charge on any atom is 0.0483 e. The molecule has 212 valence electrons. The van der Waals surface area contributed by atoms with Crippen molar-refractivity contribution in [2.24, 2.45) is 0 Å². The second-order valence-corrected chi connectivity index (χ2v) is 12.6. The average Bonchev–Trinajstić information content (AvgIpc) is 3.45. The molecular formula is C36H45ClN2O. The Morgan fingerprint density at radius 3 is 2.38 bits per heavy atom. The normalized spacial score (nSPS) is 23.1. The zero-order chi connectivity index (χ0) is 27.0. The summed E-state index contributed by atoms with van der Waals surface area (Å²) in [5.41, 5.74) is 11.7. The molecule has 6 rings (SSSR count). The third kappa shape index (κ3) is 4.86. The third-order valence-electron chi connectivity index (χ3n) is 9.71. The second kappa shape index (κ2) is 11.6. The van der Waals surface area contributed by atoms with Crippen LogP contribution in [0.5, 0.6) is 0 Å². The molecule has 2 aromatic rings. The molecule has 0 saturated carbocycles. The summed E-state index contributed by atoms with van der Waals surface area (Å²) >= 11 is 0. The lowest BCUT2D eigenvalue weighted by Gasteiger charge is -2.40. The van der Waals surface area contributed by atoms with Crippen LogP contribution in [0.25, 0.3) is 0 Å². The van der Waals surface area contributed by atoms with Gasteiger partial charge in [-0.25, -0.2) is 0 Å². The van der Waals surface area contributed by atoms with Gasteiger partial charge in [0.15, 0.2) is 0 Å². The van der Waals surface area contributed by atoms with Gasteiger partial charge in [-0.3, -0.25) is 0 Å². The first-order valence-electron chi connectivity index (χ1n) is 15.1. The van der Waals surface area contributed by atoms with E-state index in [9.17, 15) is 5.11 Å². The highest BCUT2D eigenvalue weighted by Gasteiger charge is 2.42. The van der Waals surface area contributed by atoms with Crippen LogP contribution in [0, 0.1) is 0 Å². The standard InChI is InChI=1S/C36H44N2O.ClH/c1-35(2)30-18-11-14-27-16-13-23-38(34(27)30)32(35)20-8-6-7-17-29-26-37-24-21-28-15-12-19-31(33(28)37)36(29,3)22-9-4-5-10-25-39;/h6-8,11-12,14-15,17-20,26,39H,4-5,9-10,13,16,21-25H2,1-3H3;1H. The molecule has 0 spiro atoms. The maximum absolute atomic E-state index is 9.20. The minimum Gasteiger partial charge on any atom is -0.396 e. The van der Waals surface area contributed by atoms with Crippen molar-refractivity contribution in [3.05, 3.63) is 107 Å². The first-order valence-corrected chi connectivity index (χ1v) is 15.1. The number of anilines is 2. The summed E-state index contributed by atoms with van der Waals surface area (Å²) in [6.07, 6.45) is 22.9. The van der Waals surface area contributed by atoms with E-state index in [1.165, 1.54) is 70.6 Å². The molecule has 40 heavy (non-hydrogen) atoms. The Kier molecular flexibility index (Phi) is 8.36. The van der Waals surface area contributed by atoms with Crippen molar-refractivity contribution in [2.75, 3.05) is 29.5 Å². The van der Waals surface area contributed by atoms with Crippen LogP contribution in [0.1, 0.15) is 81.5 Å². The number of aliphatic hydroxyl groups excluding tert-OH is 1. The van der Waals surface area contributed by atoms with Crippen molar-refractivity contribution < 1.29 is 5.11 Å². The number of aryl methyl sites for hydroxylation is 1. The summed E-state index contributed by atoms with van der Waals surface area (Å²) in [5, 5.41) is 9.20. The van der Waals surface area contributed by atoms with Crippen LogP contribution < -0.4 is 9.80 Å². The van der Waals surface area contributed by atoms with Crippen LogP contribution in [0.3, 0.4) is 0 Å². The Bertz CT molecular complexity index is 1370. The number of nitrogens with zero attached hydrogens (tertiary/aromatic N) is 2. The molecule has 4 aliphatic heterocycles. The molecule has 0 fully saturated rings. The summed E-state index contributed by atoms with van der Waals surface area (Å²) < 4.78 is 0. The summed E-state index contributed by atoms with van der Waals surface area (Å²) in [6.45, 7) is 9.68. The molecular weight excluding hydrogens is 512 g/mol. The van der Waals surface area contributed by atoms with Gasteiger partial charge in [0.2, 0.25) is 0 Å². The number of aliphatic hydroxyl groups is 1. The van der Waals surface area contributed by atoms with E-state index in [4.69, 9.17) is 0 Å². The quantitative estimate of drug-likeness (QED) is 0.248. The lowest BCUT2D eigenvalue weighted by molar-refractivity contribution is 0.281. The molecule has 4 heterocycles. The fourth-order valence-corrected chi connectivity index (χ4v) is 7.52. The first-order chi connectivity index (χ1) is 18.9. The van der Waals surface area contributed by atoms with E-state index >= 15 is 0 Å². The number of allylic oxidation sites excluding steroid dienone is 7. The minimum atomic E-state index is 0. The molecule has 1 unspecified atom stereocenters. The van der Waals surface area contributed by atoms with Gasteiger partial charge >= 0.3 is 0 Å². The van der Waals surface area contributed by atoms with Crippen molar-refractivity contribution in [3.63, 3.8) is 0 Å². The third-order valence-corrected chi connectivity index (χ3v) is 9.71. The van der Waals surface area contributed by atoms with Crippen molar-refractivity contribution >= 4 is 23.8 Å². The van der Waals surface area contributed by atoms with E-state index in [1.807, 2.05) is 0 Å². The summed E-state index contributed by atoms with van der Waals surface area (Å²) in [6, 6.07) is 13.8. The van der Waals surface area contributed by atoms with Gasteiger partial charge in [-0.15, -0.1) is 12.4 Å². The van der Waals surface area contributed by atoms with Gasteiger partial charge in [0.1, 0.15) is 0 Å². The van der Waals surface area contributed by atoms with Gasteiger partial charge in [-0.05, 0) is 66.0 Å². The molecule has 0 saturated heterocycles. The number of rotatable bonds is 9. The zero-order valence-electron chi connectivity index (χ0n) is 24.5. The van der Waals surface area contributed by atoms with Crippen LogP contribution in [0.2, 0.25) is 0 Å². The number of hydrogen-bond acceptors (Lipinski definition) is 3. The Morgan fingerprint density at radius 2 is 1.57 bits per heavy atom. The lowest BCUT2D eigenvalue weighted by Crippen LogP contribution is -2.32. The molecule has 0 radical (unpaired) electrons. The zero-order valence-corrected chi connectivity index (χ0v) is 25.3. The van der Waals surface area contributed by atoms with Gasteiger partial charge in [0.25, 0.3) is 0 Å². The Hall–Kier alpha value is -2.75. The molecule has 0 aromatic heterocycles. The summed E-state index contributed by atoms with van der Waals surface area (Å²) in [4.78, 5) is 5.05. The predicted octanol–water partition coefficient (Wildman–Crippen LogP) is 8.31. The van der Waals surface area contributed by atoms with Gasteiger partial charge in [0, 0.05) is 53.8 Å². The highest BCUT2D eigenvalue weighted by molar-refractivity contribution is 5.85. The smallest absolute Gasteiger partial charge is 0.0483 e. The Morgan fingerprint density at radius 1 is 0.825 bits per heavy atom. The SMILES string of the molecule is CC1(C)C(=CC=CC=CC2=CN3CCc4cccc(c43)C2(C)CCCCCCO)N2CCCc3cccc1c32.Cl. The summed E-state index contributed by atoms with van der Waals surface area (Å²) in [7, 11) is 0. The van der Waals surface area contributed by atoms with E-state index in [-0.39, 0.29) is 23.2 Å². The van der Waals surface area contributed by atoms with E-state index in [2.05, 4.69) is 104 Å². The first kappa shape index (κ1) is 28.8. The highest BCUT2D eigenvalue weighted by Crippen LogP contribution is 2.51. The number of para-hydroxylation sites is 2. The molecule has 0 amide bonds. The lowest BCUT2D eigenvalue weighted by atomic mass is 9.69. The molecule has 0 aliphatic carbocycles. The van der Waals surface area contributed by atoms with Crippen molar-refractivity contribution in [3.8, 4) is 0 Å². The van der Waals surface area contributed by atoms with Crippen molar-refractivity contribution in [1.82, 2.24) is 0 Å². The van der Waals surface area contributed by atoms with Crippen LogP contribution in [0.15, 0.2) is 84.2 Å². The van der Waals surface area contributed by atoms with Crippen LogP contribution in [-0.4, -0.2) is 24.8 Å². The number of halogens is 1. The maximum atomic E-state index is 9.20. The topological polar surface area (TPSA) is 26.7 Å². The monoisotopic (exact) mass is 556 g/mol. The van der Waals surface area contributed by atoms with Gasteiger partial charge < -0.3 is 14.9 Å². The molecule has 1 atom stereocenters. The number of hydrogen-bond donors (Lipinski definition) is 1. The predicted molar refractivity (Wildman–Crippen MR) is 172 cm³/mol. The number of benzene rings is 2. The van der Waals surface area contributed by atoms with E-state index < -0.39 is 0 Å². The largest absolute Gasteiger partial charge is 0.396 e. The van der Waals surface area contributed by atoms with E-state index in [0.29, 0.717) is 6.61 Å². The van der Waals surface area contributed by atoms with Crippen molar-refractivity contribution in [2.45, 2.75) is 83.0 Å². The van der Waals surface area contributed by atoms with Gasteiger partial charge in [0.05, 0.1) is 0 Å². The van der Waals surface area contributed by atoms with Crippen molar-refractivity contribution in [1.29, 1.82) is 0 Å². The van der Waals surface area contributed by atoms with Crippen LogP contribution >= 0.6 is 12.4 Å². The summed E-state index contributed by atoms with van der Waals surface area (Å²) in [5.74, 6) is 0. The van der Waals surface area contributed by atoms with Crippen LogP contribution in [0.4, 0.5) is 11.4 Å². The number of unbranched alkanes of at least 4 members (excludes halogenated alkanes) is 3. The Labute approximate surface area is 247 Å². The minimum absolute atomic E-state index is 0. The van der Waals surface area contributed by atoms with E-state index in [1.54, 1.807) is 0 Å². The molecule has 0 bridgehead atoms. The van der Waals surface area contributed by atoms with Crippen LogP contribution in [-0.2, 0) is 23.7 Å².